The first kappa shape index (κ1) is 54.5. The van der Waals surface area contributed by atoms with E-state index < -0.39 is 5.41 Å². The molecular weight excluding hydrogens is 1180 g/mol. The van der Waals surface area contributed by atoms with E-state index in [1.165, 1.54) is 59.1 Å². The van der Waals surface area contributed by atoms with Gasteiger partial charge in [0.25, 0.3) is 0 Å². The highest BCUT2D eigenvalue weighted by atomic mass is 35.5. The molecule has 0 fully saturated rings. The molecule has 1 unspecified atom stereocenters. The van der Waals surface area contributed by atoms with Crippen LogP contribution in [0, 0.1) is 0 Å². The fraction of sp³-hybridized carbons (Fsp3) is 0.0455. The van der Waals surface area contributed by atoms with Gasteiger partial charge in [-0.05, 0) is 182 Å². The lowest BCUT2D eigenvalue weighted by atomic mass is 9.66. The number of hydrogen-bond donors (Lipinski definition) is 0. The molecule has 16 aromatic rings. The van der Waals surface area contributed by atoms with Crippen LogP contribution >= 0.6 is 22.9 Å². The van der Waals surface area contributed by atoms with Crippen molar-refractivity contribution in [2.24, 2.45) is 0 Å². The maximum absolute atomic E-state index is 7.42. The molecule has 94 heavy (non-hydrogen) atoms. The van der Waals surface area contributed by atoms with Gasteiger partial charge >= 0.3 is 0 Å². The molecule has 0 saturated heterocycles. The summed E-state index contributed by atoms with van der Waals surface area (Å²) in [5, 5.41) is 5.29. The molecule has 2 aromatic heterocycles. The van der Waals surface area contributed by atoms with Gasteiger partial charge in [0.05, 0.1) is 22.2 Å². The Hall–Kier alpha value is -11.2. The van der Waals surface area contributed by atoms with Gasteiger partial charge in [0.15, 0.2) is 0 Å². The second-order valence-corrected chi connectivity index (χ2v) is 27.1. The maximum atomic E-state index is 7.42. The van der Waals surface area contributed by atoms with Crippen molar-refractivity contribution in [2.75, 3.05) is 9.80 Å². The fourth-order valence-electron chi connectivity index (χ4n) is 15.9. The SMILES string of the molecule is CC1(C)c2ccccc2-c2ccc(N(c3ccc(-c4ccc5c(c4)Oc4ccc(N(c6ccccc6)c6cc(-c7ccccc7)cc7oc8ccccc8c67)cc4C54c5ccccc5-c5cc(Cl)ccc54)cc3)c3cc4c(cc3-c3ccccc3)sc3ccccc34)cc21. The molecule has 14 aromatic carbocycles. The third-order valence-corrected chi connectivity index (χ3v) is 21.5. The number of benzene rings is 14. The Labute approximate surface area is 554 Å². The van der Waals surface area contributed by atoms with Crippen LogP contribution in [0.2, 0.25) is 5.02 Å². The van der Waals surface area contributed by atoms with Crippen molar-refractivity contribution in [1.29, 1.82) is 0 Å². The summed E-state index contributed by atoms with van der Waals surface area (Å²) in [5.74, 6) is 1.58. The Balaban J connectivity index is 0.781. The minimum atomic E-state index is -0.804. The van der Waals surface area contributed by atoms with Gasteiger partial charge in [0.2, 0.25) is 0 Å². The van der Waals surface area contributed by atoms with Gasteiger partial charge in [-0.25, -0.2) is 0 Å². The molecule has 444 valence electrons. The quantitative estimate of drug-likeness (QED) is 0.144. The molecule has 3 heterocycles. The molecule has 0 bridgehead atoms. The van der Waals surface area contributed by atoms with E-state index in [0.29, 0.717) is 5.02 Å². The zero-order valence-corrected chi connectivity index (χ0v) is 53.0. The number of ether oxygens (including phenoxy) is 1. The lowest BCUT2D eigenvalue weighted by Crippen LogP contribution is -2.32. The second kappa shape index (κ2) is 20.9. The zero-order valence-electron chi connectivity index (χ0n) is 51.4. The molecule has 3 aliphatic rings. The topological polar surface area (TPSA) is 28.9 Å². The third kappa shape index (κ3) is 8.18. The molecule has 2 aliphatic carbocycles. The number of hydrogen-bond acceptors (Lipinski definition) is 5. The molecule has 0 N–H and O–H groups in total. The number of thiophene rings is 1. The number of anilines is 6. The minimum Gasteiger partial charge on any atom is -0.457 e. The van der Waals surface area contributed by atoms with E-state index in [-0.39, 0.29) is 5.41 Å². The van der Waals surface area contributed by atoms with Crippen molar-refractivity contribution in [3.8, 4) is 67.1 Å². The van der Waals surface area contributed by atoms with Gasteiger partial charge in [0, 0.05) is 75.4 Å². The number of fused-ring (bicyclic) bond motifs is 18. The van der Waals surface area contributed by atoms with Gasteiger partial charge in [-0.2, -0.15) is 0 Å². The monoisotopic (exact) mass is 1240 g/mol. The molecule has 0 radical (unpaired) electrons. The van der Waals surface area contributed by atoms with Gasteiger partial charge in [-0.15, -0.1) is 11.3 Å². The molecule has 19 rings (SSSR count). The summed E-state index contributed by atoms with van der Waals surface area (Å²) in [6.07, 6.45) is 0. The average molecular weight is 1240 g/mol. The van der Waals surface area contributed by atoms with Crippen LogP contribution in [0.1, 0.15) is 47.2 Å². The van der Waals surface area contributed by atoms with E-state index >= 15 is 0 Å². The number of furan rings is 1. The summed E-state index contributed by atoms with van der Waals surface area (Å²) >= 11 is 8.89. The molecule has 1 atom stereocenters. The van der Waals surface area contributed by atoms with Crippen molar-refractivity contribution < 1.29 is 9.15 Å². The number of rotatable bonds is 9. The van der Waals surface area contributed by atoms with Gasteiger partial charge < -0.3 is 19.0 Å². The van der Waals surface area contributed by atoms with E-state index in [9.17, 15) is 0 Å². The van der Waals surface area contributed by atoms with Gasteiger partial charge in [-0.1, -0.05) is 226 Å². The number of nitrogens with zero attached hydrogens (tertiary/aromatic N) is 2. The summed E-state index contributed by atoms with van der Waals surface area (Å²) in [6, 6.07) is 113. The average Bonchev–Trinajstić information content (AvgIpc) is 1.46. The maximum Gasteiger partial charge on any atom is 0.138 e. The Morgan fingerprint density at radius 1 is 0.319 bits per heavy atom. The lowest BCUT2D eigenvalue weighted by Gasteiger charge is -2.40. The summed E-state index contributed by atoms with van der Waals surface area (Å²) in [5.41, 5.74) is 25.5. The summed E-state index contributed by atoms with van der Waals surface area (Å²) in [4.78, 5) is 4.88. The molecule has 6 heteroatoms. The standard InChI is InChI=1S/C88H57ClN2O2S/c1-87(2)72-30-16-12-26-64(72)66-42-40-62(50-76(66)87)90(78-52-71-67-28-15-19-33-84(67)94-85(71)53-69(78)56-22-8-4-9-23-56)61-38-34-55(35-39-61)57-36-43-75-82(47-57)93-81-45-41-63(51-77(81)88(75)73-31-17-13-27-65(73)70-49-59(89)37-44-74(70)88)91(60-24-10-5-11-25-60)79-46-58(54-20-6-3-7-21-54)48-83-86(79)68-29-14-18-32-80(68)92-83/h3-53H,1-2H3. The Morgan fingerprint density at radius 3 is 1.70 bits per heavy atom. The summed E-state index contributed by atoms with van der Waals surface area (Å²) in [7, 11) is 0. The van der Waals surface area contributed by atoms with Crippen molar-refractivity contribution >= 4 is 99.2 Å². The highest BCUT2D eigenvalue weighted by Crippen LogP contribution is 2.64. The lowest BCUT2D eigenvalue weighted by molar-refractivity contribution is 0.436. The first-order valence-electron chi connectivity index (χ1n) is 32.1. The predicted octanol–water partition coefficient (Wildman–Crippen LogP) is 25.3. The second-order valence-electron chi connectivity index (χ2n) is 25.6. The van der Waals surface area contributed by atoms with Crippen molar-refractivity contribution in [2.45, 2.75) is 24.7 Å². The first-order chi connectivity index (χ1) is 46.2. The van der Waals surface area contributed by atoms with Crippen LogP contribution < -0.4 is 14.5 Å². The Morgan fingerprint density at radius 2 is 0.904 bits per heavy atom. The van der Waals surface area contributed by atoms with Crippen LogP contribution in [-0.4, -0.2) is 0 Å². The molecule has 0 saturated carbocycles. The summed E-state index contributed by atoms with van der Waals surface area (Å²) < 4.78 is 16.7. The van der Waals surface area contributed by atoms with Crippen LogP contribution in [0.25, 0.3) is 97.7 Å². The highest BCUT2D eigenvalue weighted by Gasteiger charge is 2.52. The van der Waals surface area contributed by atoms with Gasteiger partial charge in [0.1, 0.15) is 22.7 Å². The number of halogens is 1. The van der Waals surface area contributed by atoms with Crippen LogP contribution in [0.5, 0.6) is 11.5 Å². The smallest absolute Gasteiger partial charge is 0.138 e. The molecule has 1 aliphatic heterocycles. The van der Waals surface area contributed by atoms with Gasteiger partial charge in [-0.3, -0.25) is 0 Å². The molecule has 4 nitrogen and oxygen atoms in total. The third-order valence-electron chi connectivity index (χ3n) is 20.2. The summed E-state index contributed by atoms with van der Waals surface area (Å²) in [6.45, 7) is 4.73. The van der Waals surface area contributed by atoms with Crippen molar-refractivity contribution in [3.63, 3.8) is 0 Å². The number of para-hydroxylation sites is 2. The van der Waals surface area contributed by atoms with Crippen molar-refractivity contribution in [1.82, 2.24) is 0 Å². The van der Waals surface area contributed by atoms with E-state index in [1.54, 1.807) is 0 Å². The van der Waals surface area contributed by atoms with E-state index in [4.69, 9.17) is 20.8 Å². The molecular formula is C88H57ClN2O2S. The Kier molecular flexibility index (Phi) is 12.1. The first-order valence-corrected chi connectivity index (χ1v) is 33.3. The largest absolute Gasteiger partial charge is 0.457 e. The highest BCUT2D eigenvalue weighted by molar-refractivity contribution is 7.25. The van der Waals surface area contributed by atoms with Crippen molar-refractivity contribution in [3.05, 3.63) is 348 Å². The van der Waals surface area contributed by atoms with E-state index in [1.807, 2.05) is 23.5 Å². The molecule has 0 amide bonds. The predicted molar refractivity (Wildman–Crippen MR) is 392 cm³/mol. The minimum absolute atomic E-state index is 0.194. The van der Waals surface area contributed by atoms with Crippen LogP contribution in [-0.2, 0) is 10.8 Å². The normalized spacial score (nSPS) is 14.5. The zero-order chi connectivity index (χ0) is 62.4. The van der Waals surface area contributed by atoms with Crippen LogP contribution in [0.15, 0.2) is 314 Å². The van der Waals surface area contributed by atoms with E-state index in [2.05, 4.69) is 321 Å². The van der Waals surface area contributed by atoms with Crippen LogP contribution in [0.4, 0.5) is 34.1 Å². The molecule has 1 spiro atoms. The Bertz CT molecular complexity index is 5770. The van der Waals surface area contributed by atoms with E-state index in [0.717, 1.165) is 118 Å². The fourth-order valence-corrected chi connectivity index (χ4v) is 17.2. The van der Waals surface area contributed by atoms with Crippen LogP contribution in [0.3, 0.4) is 0 Å².